The van der Waals surface area contributed by atoms with Gasteiger partial charge < -0.3 is 25.4 Å². The summed E-state index contributed by atoms with van der Waals surface area (Å²) < 4.78 is 4.69. The summed E-state index contributed by atoms with van der Waals surface area (Å²) in [6.07, 6.45) is 0.178. The number of nitrogens with zero attached hydrogens (tertiary/aromatic N) is 1. The molecule has 1 atom stereocenters. The number of carbonyl (C=O) groups excluding carboxylic acids is 2. The normalized spacial score (nSPS) is 11.6. The first-order valence-electron chi connectivity index (χ1n) is 6.50. The molecule has 1 unspecified atom stereocenters. The van der Waals surface area contributed by atoms with E-state index in [0.29, 0.717) is 13.1 Å². The minimum absolute atomic E-state index is 0.0537. The lowest BCUT2D eigenvalue weighted by molar-refractivity contribution is -0.140. The van der Waals surface area contributed by atoms with Gasteiger partial charge in [0.15, 0.2) is 6.04 Å². The second-order valence-electron chi connectivity index (χ2n) is 4.06. The van der Waals surface area contributed by atoms with Crippen molar-refractivity contribution in [3.63, 3.8) is 0 Å². The van der Waals surface area contributed by atoms with Crippen LogP contribution in [0.3, 0.4) is 0 Å². The monoisotopic (exact) mass is 289 g/mol. The van der Waals surface area contributed by atoms with E-state index in [1.54, 1.807) is 4.90 Å². The van der Waals surface area contributed by atoms with Gasteiger partial charge in [0, 0.05) is 33.2 Å². The van der Waals surface area contributed by atoms with E-state index >= 15 is 0 Å². The van der Waals surface area contributed by atoms with E-state index < -0.39 is 18.0 Å². The molecule has 0 aliphatic rings. The van der Waals surface area contributed by atoms with Crippen LogP contribution in [0.1, 0.15) is 20.3 Å². The van der Waals surface area contributed by atoms with Crippen molar-refractivity contribution in [3.8, 4) is 0 Å². The van der Waals surface area contributed by atoms with Crippen molar-refractivity contribution in [2.75, 3.05) is 33.4 Å². The first-order chi connectivity index (χ1) is 9.46. The molecule has 0 aliphatic heterocycles. The Hall–Kier alpha value is -1.83. The Morgan fingerprint density at radius 3 is 2.30 bits per heavy atom. The first kappa shape index (κ1) is 18.2. The average Bonchev–Trinajstić information content (AvgIpc) is 2.39. The molecule has 20 heavy (non-hydrogen) atoms. The van der Waals surface area contributed by atoms with Crippen LogP contribution in [0.5, 0.6) is 0 Å². The van der Waals surface area contributed by atoms with E-state index in [-0.39, 0.29) is 25.5 Å². The van der Waals surface area contributed by atoms with E-state index in [0.717, 1.165) is 0 Å². The van der Waals surface area contributed by atoms with Crippen molar-refractivity contribution in [2.24, 2.45) is 0 Å². The summed E-state index contributed by atoms with van der Waals surface area (Å²) in [4.78, 5) is 35.6. The van der Waals surface area contributed by atoms with Crippen LogP contribution in [0.2, 0.25) is 0 Å². The van der Waals surface area contributed by atoms with Gasteiger partial charge in [0.2, 0.25) is 5.91 Å². The molecule has 3 amide bonds. The largest absolute Gasteiger partial charge is 0.480 e. The molecule has 0 aromatic heterocycles. The summed E-state index contributed by atoms with van der Waals surface area (Å²) >= 11 is 0. The Morgan fingerprint density at radius 2 is 1.85 bits per heavy atom. The molecular formula is C12H23N3O5. The van der Waals surface area contributed by atoms with Crippen molar-refractivity contribution >= 4 is 17.9 Å². The minimum atomic E-state index is -1.18. The molecule has 8 nitrogen and oxygen atoms in total. The van der Waals surface area contributed by atoms with Crippen molar-refractivity contribution < 1.29 is 24.2 Å². The van der Waals surface area contributed by atoms with Gasteiger partial charge in [0.05, 0.1) is 6.61 Å². The number of urea groups is 1. The summed E-state index contributed by atoms with van der Waals surface area (Å²) in [5, 5.41) is 13.5. The molecule has 0 heterocycles. The van der Waals surface area contributed by atoms with Crippen molar-refractivity contribution in [1.82, 2.24) is 15.5 Å². The van der Waals surface area contributed by atoms with Gasteiger partial charge >= 0.3 is 12.0 Å². The van der Waals surface area contributed by atoms with Crippen LogP contribution < -0.4 is 10.6 Å². The summed E-state index contributed by atoms with van der Waals surface area (Å²) in [5.41, 5.74) is 0. The number of aliphatic carboxylic acids is 1. The Labute approximate surface area is 118 Å². The van der Waals surface area contributed by atoms with E-state index in [9.17, 15) is 14.4 Å². The SMILES string of the molecule is CCN(CC)C(=O)CCNC(=O)NC(COC)C(=O)O. The fourth-order valence-electron chi connectivity index (χ4n) is 1.57. The molecule has 0 saturated heterocycles. The molecule has 116 valence electrons. The maximum atomic E-state index is 11.7. The van der Waals surface area contributed by atoms with Crippen molar-refractivity contribution in [3.05, 3.63) is 0 Å². The highest BCUT2D eigenvalue weighted by Gasteiger charge is 2.19. The van der Waals surface area contributed by atoms with Crippen LogP contribution in [0, 0.1) is 0 Å². The number of carboxylic acid groups (broad SMARTS) is 1. The fraction of sp³-hybridized carbons (Fsp3) is 0.750. The van der Waals surface area contributed by atoms with Crippen LogP contribution in [-0.4, -0.2) is 67.3 Å². The third-order valence-electron chi connectivity index (χ3n) is 2.68. The van der Waals surface area contributed by atoms with Crippen molar-refractivity contribution in [2.45, 2.75) is 26.3 Å². The number of nitrogens with one attached hydrogen (secondary N) is 2. The lowest BCUT2D eigenvalue weighted by Gasteiger charge is -2.19. The van der Waals surface area contributed by atoms with Gasteiger partial charge in [0.1, 0.15) is 0 Å². The molecule has 0 spiro atoms. The molecule has 0 bridgehead atoms. The van der Waals surface area contributed by atoms with Gasteiger partial charge in [-0.3, -0.25) is 4.79 Å². The van der Waals surface area contributed by atoms with E-state index in [2.05, 4.69) is 15.4 Å². The zero-order valence-electron chi connectivity index (χ0n) is 12.1. The molecule has 0 aliphatic carbocycles. The number of amides is 3. The number of rotatable bonds is 9. The van der Waals surface area contributed by atoms with Gasteiger partial charge in [-0.1, -0.05) is 0 Å². The van der Waals surface area contributed by atoms with E-state index in [1.807, 2.05) is 13.8 Å². The topological polar surface area (TPSA) is 108 Å². The van der Waals surface area contributed by atoms with Crippen molar-refractivity contribution in [1.29, 1.82) is 0 Å². The van der Waals surface area contributed by atoms with Crippen LogP contribution in [0.4, 0.5) is 4.79 Å². The predicted molar refractivity (Wildman–Crippen MR) is 72.4 cm³/mol. The average molecular weight is 289 g/mol. The van der Waals surface area contributed by atoms with Gasteiger partial charge in [-0.2, -0.15) is 0 Å². The first-order valence-corrected chi connectivity index (χ1v) is 6.50. The zero-order valence-corrected chi connectivity index (χ0v) is 12.1. The zero-order chi connectivity index (χ0) is 15.5. The van der Waals surface area contributed by atoms with Crippen LogP contribution in [0.15, 0.2) is 0 Å². The number of hydrogen-bond donors (Lipinski definition) is 3. The molecule has 0 radical (unpaired) electrons. The fourth-order valence-corrected chi connectivity index (χ4v) is 1.57. The second-order valence-corrected chi connectivity index (χ2v) is 4.06. The maximum Gasteiger partial charge on any atom is 0.328 e. The van der Waals surface area contributed by atoms with Gasteiger partial charge in [0.25, 0.3) is 0 Å². The van der Waals surface area contributed by atoms with Gasteiger partial charge in [-0.25, -0.2) is 9.59 Å². The third-order valence-corrected chi connectivity index (χ3v) is 2.68. The summed E-state index contributed by atoms with van der Waals surface area (Å²) in [6.45, 7) is 5.03. The molecule has 0 aromatic rings. The summed E-state index contributed by atoms with van der Waals surface area (Å²) in [5.74, 6) is -1.23. The lowest BCUT2D eigenvalue weighted by Crippen LogP contribution is -2.48. The molecular weight excluding hydrogens is 266 g/mol. The summed E-state index contributed by atoms with van der Waals surface area (Å²) in [6, 6.07) is -1.75. The minimum Gasteiger partial charge on any atom is -0.480 e. The molecule has 0 saturated carbocycles. The molecule has 0 fully saturated rings. The smallest absolute Gasteiger partial charge is 0.328 e. The molecule has 8 heteroatoms. The van der Waals surface area contributed by atoms with E-state index in [1.165, 1.54) is 7.11 Å². The molecule has 3 N–H and O–H groups in total. The standard InChI is InChI=1S/C12H23N3O5/c1-4-15(5-2)10(16)6-7-13-12(19)14-9(8-20-3)11(17)18/h9H,4-8H2,1-3H3,(H,17,18)(H2,13,14,19). The highest BCUT2D eigenvalue weighted by Crippen LogP contribution is 1.93. The van der Waals surface area contributed by atoms with Crippen LogP contribution in [-0.2, 0) is 14.3 Å². The summed E-state index contributed by atoms with van der Waals surface area (Å²) in [7, 11) is 1.35. The highest BCUT2D eigenvalue weighted by molar-refractivity contribution is 5.83. The van der Waals surface area contributed by atoms with Gasteiger partial charge in [-0.15, -0.1) is 0 Å². The quantitative estimate of drug-likeness (QED) is 0.537. The number of carboxylic acids is 1. The Morgan fingerprint density at radius 1 is 1.25 bits per heavy atom. The van der Waals surface area contributed by atoms with Crippen LogP contribution >= 0.6 is 0 Å². The van der Waals surface area contributed by atoms with Crippen LogP contribution in [0.25, 0.3) is 0 Å². The van der Waals surface area contributed by atoms with Gasteiger partial charge in [-0.05, 0) is 13.8 Å². The number of methoxy groups -OCH3 is 1. The molecule has 0 rings (SSSR count). The Kier molecular flexibility index (Phi) is 9.10. The second kappa shape index (κ2) is 10.0. The maximum absolute atomic E-state index is 11.7. The number of ether oxygens (including phenoxy) is 1. The Balaban J connectivity index is 4.04. The lowest BCUT2D eigenvalue weighted by atomic mass is 10.3. The van der Waals surface area contributed by atoms with E-state index in [4.69, 9.17) is 5.11 Å². The third kappa shape index (κ3) is 6.93. The Bertz CT molecular complexity index is 331. The highest BCUT2D eigenvalue weighted by atomic mass is 16.5. The molecule has 0 aromatic carbocycles. The number of hydrogen-bond acceptors (Lipinski definition) is 4. The number of carbonyl (C=O) groups is 3. The predicted octanol–water partition coefficient (Wildman–Crippen LogP) is -0.356.